The van der Waals surface area contributed by atoms with Crippen molar-refractivity contribution in [1.82, 2.24) is 9.97 Å². The minimum Gasteiger partial charge on any atom is -0.354 e. The number of nitrogens with zero attached hydrogens (tertiary/aromatic N) is 2. The fourth-order valence-electron chi connectivity index (χ4n) is 1.98. The van der Waals surface area contributed by atoms with E-state index in [1.807, 2.05) is 24.3 Å². The zero-order valence-electron chi connectivity index (χ0n) is 11.7. The van der Waals surface area contributed by atoms with Crippen LogP contribution in [0.5, 0.6) is 0 Å². The highest BCUT2D eigenvalue weighted by Gasteiger charge is 2.03. The van der Waals surface area contributed by atoms with Gasteiger partial charge in [0.05, 0.1) is 11.4 Å². The van der Waals surface area contributed by atoms with Crippen molar-refractivity contribution in [2.24, 2.45) is 0 Å². The van der Waals surface area contributed by atoms with Crippen LogP contribution >= 0.6 is 0 Å². The summed E-state index contributed by atoms with van der Waals surface area (Å²) in [6.07, 6.45) is 3.43. The van der Waals surface area contributed by atoms with Gasteiger partial charge in [-0.2, -0.15) is 0 Å². The van der Waals surface area contributed by atoms with E-state index < -0.39 is 0 Å². The van der Waals surface area contributed by atoms with Gasteiger partial charge in [0.2, 0.25) is 5.95 Å². The van der Waals surface area contributed by atoms with E-state index in [4.69, 9.17) is 0 Å². The van der Waals surface area contributed by atoms with Gasteiger partial charge in [-0.3, -0.25) is 0 Å². The lowest BCUT2D eigenvalue weighted by molar-refractivity contribution is 1.17. The van der Waals surface area contributed by atoms with Crippen LogP contribution < -0.4 is 10.6 Å². The van der Waals surface area contributed by atoms with Crippen LogP contribution in [0.1, 0.15) is 5.56 Å². The van der Waals surface area contributed by atoms with E-state index in [1.54, 1.807) is 18.5 Å². The van der Waals surface area contributed by atoms with Crippen molar-refractivity contribution in [1.29, 1.82) is 0 Å². The van der Waals surface area contributed by atoms with Crippen LogP contribution in [0.2, 0.25) is 0 Å². The summed E-state index contributed by atoms with van der Waals surface area (Å²) in [7, 11) is 0. The molecule has 0 radical (unpaired) electrons. The lowest BCUT2D eigenvalue weighted by atomic mass is 10.2. The summed E-state index contributed by atoms with van der Waals surface area (Å²) in [5.74, 6) is 0.579. The molecule has 104 valence electrons. The molecule has 0 unspecified atom stereocenters. The molecule has 4 nitrogen and oxygen atoms in total. The first-order valence-corrected chi connectivity index (χ1v) is 6.78. The topological polar surface area (TPSA) is 49.8 Å². The Bertz CT molecular complexity index is 708. The predicted molar refractivity (Wildman–Crippen MR) is 86.2 cm³/mol. The van der Waals surface area contributed by atoms with Crippen LogP contribution in [-0.2, 0) is 0 Å². The highest BCUT2D eigenvalue weighted by Crippen LogP contribution is 2.27. The first-order chi connectivity index (χ1) is 10.3. The zero-order valence-corrected chi connectivity index (χ0v) is 11.7. The quantitative estimate of drug-likeness (QED) is 0.747. The Morgan fingerprint density at radius 3 is 2.00 bits per heavy atom. The summed E-state index contributed by atoms with van der Waals surface area (Å²) < 4.78 is 0. The minimum absolute atomic E-state index is 0.579. The number of nitrogens with one attached hydrogen (secondary N) is 2. The van der Waals surface area contributed by atoms with Crippen molar-refractivity contribution >= 4 is 23.0 Å². The molecule has 0 saturated heterocycles. The van der Waals surface area contributed by atoms with Gasteiger partial charge < -0.3 is 10.6 Å². The van der Waals surface area contributed by atoms with Gasteiger partial charge in [-0.05, 0) is 37.3 Å². The SMILES string of the molecule is Cc1ccc(Nc2ccccc2Nc2ncccn2)cc1. The monoisotopic (exact) mass is 276 g/mol. The third-order valence-corrected chi connectivity index (χ3v) is 3.07. The number of para-hydroxylation sites is 2. The van der Waals surface area contributed by atoms with Crippen molar-refractivity contribution in [3.8, 4) is 0 Å². The molecule has 0 spiro atoms. The van der Waals surface area contributed by atoms with Crippen molar-refractivity contribution in [3.63, 3.8) is 0 Å². The number of anilines is 4. The Morgan fingerprint density at radius 2 is 1.33 bits per heavy atom. The second-order valence-electron chi connectivity index (χ2n) is 4.73. The van der Waals surface area contributed by atoms with Crippen molar-refractivity contribution in [2.45, 2.75) is 6.92 Å². The van der Waals surface area contributed by atoms with E-state index >= 15 is 0 Å². The molecule has 21 heavy (non-hydrogen) atoms. The number of rotatable bonds is 4. The Labute approximate surface area is 123 Å². The fourth-order valence-corrected chi connectivity index (χ4v) is 1.98. The molecule has 0 bridgehead atoms. The molecule has 3 aromatic rings. The van der Waals surface area contributed by atoms with Gasteiger partial charge in [-0.1, -0.05) is 29.8 Å². The molecule has 2 N–H and O–H groups in total. The first kappa shape index (κ1) is 13.1. The molecule has 0 aliphatic carbocycles. The molecule has 0 aliphatic rings. The molecule has 0 atom stereocenters. The van der Waals surface area contributed by atoms with Gasteiger partial charge in [0, 0.05) is 18.1 Å². The van der Waals surface area contributed by atoms with E-state index in [0.717, 1.165) is 17.1 Å². The number of aryl methyl sites for hydroxylation is 1. The molecule has 2 aromatic carbocycles. The van der Waals surface area contributed by atoms with Crippen LogP contribution in [0.25, 0.3) is 0 Å². The van der Waals surface area contributed by atoms with Crippen LogP contribution in [0.15, 0.2) is 67.0 Å². The largest absolute Gasteiger partial charge is 0.354 e. The molecule has 0 saturated carbocycles. The van der Waals surface area contributed by atoms with E-state index in [0.29, 0.717) is 5.95 Å². The molecule has 0 amide bonds. The van der Waals surface area contributed by atoms with E-state index in [-0.39, 0.29) is 0 Å². The Morgan fingerprint density at radius 1 is 0.714 bits per heavy atom. The normalized spacial score (nSPS) is 10.1. The molecular formula is C17H16N4. The lowest BCUT2D eigenvalue weighted by Crippen LogP contribution is -2.00. The molecule has 4 heteroatoms. The maximum absolute atomic E-state index is 4.18. The molecule has 3 rings (SSSR count). The fraction of sp³-hybridized carbons (Fsp3) is 0.0588. The molecular weight excluding hydrogens is 260 g/mol. The van der Waals surface area contributed by atoms with E-state index in [9.17, 15) is 0 Å². The number of aromatic nitrogens is 2. The summed E-state index contributed by atoms with van der Waals surface area (Å²) in [6, 6.07) is 18.1. The van der Waals surface area contributed by atoms with Crippen LogP contribution in [0.4, 0.5) is 23.0 Å². The van der Waals surface area contributed by atoms with Gasteiger partial charge in [-0.25, -0.2) is 9.97 Å². The van der Waals surface area contributed by atoms with Crippen molar-refractivity contribution in [3.05, 3.63) is 72.6 Å². The van der Waals surface area contributed by atoms with Crippen molar-refractivity contribution in [2.75, 3.05) is 10.6 Å². The molecule has 1 heterocycles. The highest BCUT2D eigenvalue weighted by molar-refractivity contribution is 5.76. The standard InChI is InChI=1S/C17H16N4/c1-13-7-9-14(10-8-13)20-15-5-2-3-6-16(15)21-17-18-11-4-12-19-17/h2-12,20H,1H3,(H,18,19,21). The number of hydrogen-bond donors (Lipinski definition) is 2. The molecule has 0 fully saturated rings. The predicted octanol–water partition coefficient (Wildman–Crippen LogP) is 4.27. The second kappa shape index (κ2) is 6.05. The summed E-state index contributed by atoms with van der Waals surface area (Å²) >= 11 is 0. The summed E-state index contributed by atoms with van der Waals surface area (Å²) in [5.41, 5.74) is 4.20. The third kappa shape index (κ3) is 3.36. The Hall–Kier alpha value is -2.88. The van der Waals surface area contributed by atoms with Gasteiger partial charge in [-0.15, -0.1) is 0 Å². The maximum atomic E-state index is 4.18. The highest BCUT2D eigenvalue weighted by atomic mass is 15.1. The van der Waals surface area contributed by atoms with Crippen LogP contribution in [0, 0.1) is 6.92 Å². The van der Waals surface area contributed by atoms with E-state index in [1.165, 1.54) is 5.56 Å². The zero-order chi connectivity index (χ0) is 14.5. The third-order valence-electron chi connectivity index (χ3n) is 3.07. The number of benzene rings is 2. The summed E-state index contributed by atoms with van der Waals surface area (Å²) in [4.78, 5) is 8.37. The second-order valence-corrected chi connectivity index (χ2v) is 4.73. The Kier molecular flexibility index (Phi) is 3.78. The molecule has 0 aliphatic heterocycles. The average Bonchev–Trinajstić information content (AvgIpc) is 2.52. The Balaban J connectivity index is 1.84. The smallest absolute Gasteiger partial charge is 0.227 e. The van der Waals surface area contributed by atoms with Crippen LogP contribution in [0.3, 0.4) is 0 Å². The summed E-state index contributed by atoms with van der Waals surface area (Å²) in [6.45, 7) is 2.08. The van der Waals surface area contributed by atoms with Crippen molar-refractivity contribution < 1.29 is 0 Å². The van der Waals surface area contributed by atoms with Gasteiger partial charge >= 0.3 is 0 Å². The lowest BCUT2D eigenvalue weighted by Gasteiger charge is -2.13. The minimum atomic E-state index is 0.579. The number of hydrogen-bond acceptors (Lipinski definition) is 4. The van der Waals surface area contributed by atoms with Gasteiger partial charge in [0.25, 0.3) is 0 Å². The molecule has 1 aromatic heterocycles. The van der Waals surface area contributed by atoms with Gasteiger partial charge in [0.1, 0.15) is 0 Å². The van der Waals surface area contributed by atoms with Gasteiger partial charge in [0.15, 0.2) is 0 Å². The van der Waals surface area contributed by atoms with E-state index in [2.05, 4.69) is 51.8 Å². The average molecular weight is 276 g/mol. The maximum Gasteiger partial charge on any atom is 0.227 e. The van der Waals surface area contributed by atoms with Crippen LogP contribution in [-0.4, -0.2) is 9.97 Å². The first-order valence-electron chi connectivity index (χ1n) is 6.78. The summed E-state index contributed by atoms with van der Waals surface area (Å²) in [5, 5.41) is 6.62.